The fourth-order valence-corrected chi connectivity index (χ4v) is 16.7. The molecule has 3 heteroatoms. The number of rotatable bonds is 12. The van der Waals surface area contributed by atoms with Crippen LogP contribution in [0.1, 0.15) is 25.0 Å². The lowest BCUT2D eigenvalue weighted by Crippen LogP contribution is -2.17. The SMILES string of the molecule is CC1(C)c2cc(N(c3ccc(-c4ccccc4)cc3)c3ccc4cc5ccccc5cc4c3)ccc2-c2cc3c(N(c4ccc(-c5ccccc5)cc4)c4ccc5cc6ccccc6cc5c4)c4ccccc4c(N(c4ccc(-c5ccccc5)cc4)c4ccc5cc6ccccc6cc5c4)c3cc21. The molecule has 0 amide bonds. The van der Waals surface area contributed by atoms with Crippen LogP contribution in [0, 0.1) is 0 Å². The number of hydrogen-bond acceptors (Lipinski definition) is 3. The highest BCUT2D eigenvalue weighted by Crippen LogP contribution is 2.58. The highest BCUT2D eigenvalue weighted by Gasteiger charge is 2.38. The maximum atomic E-state index is 2.59. The van der Waals surface area contributed by atoms with E-state index in [-0.39, 0.29) is 0 Å². The molecule has 0 aliphatic heterocycles. The molecule has 1 aliphatic rings. The molecule has 0 atom stereocenters. The van der Waals surface area contributed by atoms with Crippen LogP contribution in [0.3, 0.4) is 0 Å². The van der Waals surface area contributed by atoms with Crippen molar-refractivity contribution in [1.82, 2.24) is 0 Å². The summed E-state index contributed by atoms with van der Waals surface area (Å²) in [7, 11) is 0. The fourth-order valence-electron chi connectivity index (χ4n) is 16.7. The quantitative estimate of drug-likeness (QED) is 0.0892. The zero-order valence-corrected chi connectivity index (χ0v) is 57.7. The van der Waals surface area contributed by atoms with Gasteiger partial charge in [0, 0.05) is 66.8 Å². The van der Waals surface area contributed by atoms with Crippen molar-refractivity contribution in [3.8, 4) is 44.5 Å². The minimum absolute atomic E-state index is 0.469. The Balaban J connectivity index is 0.853. The van der Waals surface area contributed by atoms with E-state index in [1.54, 1.807) is 0 Å². The first-order chi connectivity index (χ1) is 51.3. The average Bonchev–Trinajstić information content (AvgIpc) is 1.35. The summed E-state index contributed by atoms with van der Waals surface area (Å²) in [5, 5.41) is 19.0. The Hall–Kier alpha value is -13.3. The van der Waals surface area contributed by atoms with Crippen LogP contribution in [0.2, 0.25) is 0 Å². The fraction of sp³-hybridized carbons (Fsp3) is 0.0297. The van der Waals surface area contributed by atoms with Crippen LogP contribution in [0.15, 0.2) is 382 Å². The Morgan fingerprint density at radius 1 is 0.173 bits per heavy atom. The van der Waals surface area contributed by atoms with Crippen LogP contribution in [0.5, 0.6) is 0 Å². The Labute approximate surface area is 605 Å². The molecule has 1 aliphatic carbocycles. The third-order valence-electron chi connectivity index (χ3n) is 22.0. The minimum atomic E-state index is -0.469. The normalized spacial score (nSPS) is 12.4. The summed E-state index contributed by atoms with van der Waals surface area (Å²) in [4.78, 5) is 7.58. The molecule has 0 saturated carbocycles. The van der Waals surface area contributed by atoms with Gasteiger partial charge in [0.15, 0.2) is 0 Å². The van der Waals surface area contributed by atoms with E-state index in [0.29, 0.717) is 0 Å². The first kappa shape index (κ1) is 60.6. The molecule has 19 aromatic rings. The van der Waals surface area contributed by atoms with Gasteiger partial charge in [-0.05, 0) is 254 Å². The highest BCUT2D eigenvalue weighted by atomic mass is 15.2. The predicted octanol–water partition coefficient (Wildman–Crippen LogP) is 28.6. The van der Waals surface area contributed by atoms with Crippen molar-refractivity contribution in [1.29, 1.82) is 0 Å². The molecule has 0 fully saturated rings. The second-order valence-corrected chi connectivity index (χ2v) is 28.5. The van der Waals surface area contributed by atoms with E-state index in [2.05, 4.69) is 411 Å². The number of fused-ring (bicyclic) bond motifs is 11. The van der Waals surface area contributed by atoms with E-state index in [0.717, 1.165) is 83.9 Å². The minimum Gasteiger partial charge on any atom is -0.310 e. The van der Waals surface area contributed by atoms with Crippen molar-refractivity contribution in [3.05, 3.63) is 393 Å². The molecule has 0 spiro atoms. The number of hydrogen-bond donors (Lipinski definition) is 0. The molecule has 0 N–H and O–H groups in total. The van der Waals surface area contributed by atoms with Crippen LogP contribution in [0.4, 0.5) is 51.2 Å². The molecular formula is C101H69N3. The molecule has 20 rings (SSSR count). The van der Waals surface area contributed by atoms with Gasteiger partial charge >= 0.3 is 0 Å². The van der Waals surface area contributed by atoms with E-state index in [1.165, 1.54) is 109 Å². The van der Waals surface area contributed by atoms with E-state index >= 15 is 0 Å². The average molecular weight is 1320 g/mol. The van der Waals surface area contributed by atoms with Gasteiger partial charge in [-0.3, -0.25) is 0 Å². The summed E-state index contributed by atoms with van der Waals surface area (Å²) in [6.45, 7) is 4.89. The van der Waals surface area contributed by atoms with Gasteiger partial charge in [-0.15, -0.1) is 0 Å². The zero-order valence-electron chi connectivity index (χ0n) is 57.7. The smallest absolute Gasteiger partial charge is 0.0620 e. The second-order valence-electron chi connectivity index (χ2n) is 28.5. The van der Waals surface area contributed by atoms with Gasteiger partial charge in [-0.1, -0.05) is 263 Å². The Kier molecular flexibility index (Phi) is 14.3. The van der Waals surface area contributed by atoms with Crippen LogP contribution in [-0.2, 0) is 5.41 Å². The summed E-state index contributed by atoms with van der Waals surface area (Å²) in [5.41, 5.74) is 21.3. The maximum Gasteiger partial charge on any atom is 0.0620 e. The highest BCUT2D eigenvalue weighted by molar-refractivity contribution is 6.25. The third-order valence-corrected chi connectivity index (χ3v) is 22.0. The van der Waals surface area contributed by atoms with Crippen molar-refractivity contribution in [2.75, 3.05) is 14.7 Å². The molecule has 0 saturated heterocycles. The molecule has 19 aromatic carbocycles. The summed E-state index contributed by atoms with van der Waals surface area (Å²) < 4.78 is 0. The van der Waals surface area contributed by atoms with E-state index in [9.17, 15) is 0 Å². The summed E-state index contributed by atoms with van der Waals surface area (Å²) >= 11 is 0. The Morgan fingerprint density at radius 3 is 0.827 bits per heavy atom. The van der Waals surface area contributed by atoms with E-state index in [4.69, 9.17) is 0 Å². The molecule has 0 aromatic heterocycles. The van der Waals surface area contributed by atoms with E-state index < -0.39 is 5.41 Å². The lowest BCUT2D eigenvalue weighted by atomic mass is 9.81. The van der Waals surface area contributed by atoms with Crippen molar-refractivity contribution < 1.29 is 0 Å². The lowest BCUT2D eigenvalue weighted by molar-refractivity contribution is 0.661. The van der Waals surface area contributed by atoms with Gasteiger partial charge in [0.05, 0.1) is 11.4 Å². The zero-order chi connectivity index (χ0) is 69.0. The molecule has 3 nitrogen and oxygen atoms in total. The van der Waals surface area contributed by atoms with Gasteiger partial charge < -0.3 is 14.7 Å². The van der Waals surface area contributed by atoms with Crippen LogP contribution < -0.4 is 14.7 Å². The Morgan fingerprint density at radius 2 is 0.442 bits per heavy atom. The topological polar surface area (TPSA) is 9.72 Å². The lowest BCUT2D eigenvalue weighted by Gasteiger charge is -2.34. The second kappa shape index (κ2) is 24.5. The largest absolute Gasteiger partial charge is 0.310 e. The van der Waals surface area contributed by atoms with Crippen LogP contribution >= 0.6 is 0 Å². The van der Waals surface area contributed by atoms with Crippen molar-refractivity contribution >= 4 is 137 Å². The predicted molar refractivity (Wildman–Crippen MR) is 444 cm³/mol. The summed E-state index contributed by atoms with van der Waals surface area (Å²) in [6.07, 6.45) is 0. The molecule has 0 heterocycles. The van der Waals surface area contributed by atoms with E-state index in [1.807, 2.05) is 0 Å². The number of benzene rings is 19. The number of anilines is 9. The molecule has 0 unspecified atom stereocenters. The van der Waals surface area contributed by atoms with Crippen molar-refractivity contribution in [2.45, 2.75) is 19.3 Å². The molecule has 104 heavy (non-hydrogen) atoms. The summed E-state index contributed by atoms with van der Waals surface area (Å²) in [5.74, 6) is 0. The van der Waals surface area contributed by atoms with Crippen LogP contribution in [0.25, 0.3) is 131 Å². The first-order valence-electron chi connectivity index (χ1n) is 36.1. The molecule has 0 bridgehead atoms. The molecule has 0 radical (unpaired) electrons. The monoisotopic (exact) mass is 1320 g/mol. The molecular weight excluding hydrogens is 1260 g/mol. The standard InChI is InChI=1S/C101H69N3/c1-101(2)97-63-90(102(84-43-34-69(35-44-84)66-20-6-3-7-21-66)87-49-40-78-54-72-26-12-15-29-75(72)57-81(78)60-87)52-53-91(97)94-64-95-96(65-98(94)101)100(104(86-47-38-71(39-48-86)68-24-10-5-11-25-68)89-51-42-80-56-74-28-14-17-31-77(74)59-83(80)62-89)93-33-19-18-32-92(93)99(95)103(85-45-36-70(37-46-85)67-22-8-4-9-23-67)88-50-41-79-55-73-27-13-16-30-76(73)58-82(79)61-88/h3-65H,1-2H3. The molecule has 488 valence electrons. The van der Waals surface area contributed by atoms with Gasteiger partial charge in [0.2, 0.25) is 0 Å². The number of nitrogens with zero attached hydrogens (tertiary/aromatic N) is 3. The van der Waals surface area contributed by atoms with Crippen LogP contribution in [-0.4, -0.2) is 0 Å². The van der Waals surface area contributed by atoms with Gasteiger partial charge in [0.1, 0.15) is 0 Å². The van der Waals surface area contributed by atoms with Crippen molar-refractivity contribution in [2.24, 2.45) is 0 Å². The Bertz CT molecular complexity index is 6600. The third kappa shape index (κ3) is 10.3. The van der Waals surface area contributed by atoms with Crippen molar-refractivity contribution in [3.63, 3.8) is 0 Å². The van der Waals surface area contributed by atoms with Gasteiger partial charge in [0.25, 0.3) is 0 Å². The van der Waals surface area contributed by atoms with Gasteiger partial charge in [-0.2, -0.15) is 0 Å². The summed E-state index contributed by atoms with van der Waals surface area (Å²) in [6, 6.07) is 143. The first-order valence-corrected chi connectivity index (χ1v) is 36.1. The van der Waals surface area contributed by atoms with Gasteiger partial charge in [-0.25, -0.2) is 0 Å². The maximum absolute atomic E-state index is 2.59.